The van der Waals surface area contributed by atoms with Crippen molar-refractivity contribution in [1.29, 1.82) is 0 Å². The van der Waals surface area contributed by atoms with Crippen molar-refractivity contribution in [2.24, 2.45) is 0 Å². The zero-order valence-corrected chi connectivity index (χ0v) is 14.2. The van der Waals surface area contributed by atoms with E-state index in [2.05, 4.69) is 10.1 Å². The highest BCUT2D eigenvalue weighted by Crippen LogP contribution is 2.13. The second kappa shape index (κ2) is 8.64. The van der Waals surface area contributed by atoms with E-state index in [-0.39, 0.29) is 35.6 Å². The van der Waals surface area contributed by atoms with Gasteiger partial charge in [0.2, 0.25) is 0 Å². The molecule has 23 heavy (non-hydrogen) atoms. The highest BCUT2D eigenvalue weighted by atomic mass is 32.2. The molecule has 1 aromatic carbocycles. The molecule has 1 N–H and O–H groups in total. The molecule has 1 atom stereocenters. The Morgan fingerprint density at radius 2 is 1.78 bits per heavy atom. The highest BCUT2D eigenvalue weighted by molar-refractivity contribution is 7.91. The molecule has 0 aliphatic rings. The van der Waals surface area contributed by atoms with E-state index in [4.69, 9.17) is 4.74 Å². The van der Waals surface area contributed by atoms with E-state index >= 15 is 0 Å². The molecule has 1 aromatic rings. The van der Waals surface area contributed by atoms with Gasteiger partial charge in [-0.2, -0.15) is 0 Å². The summed E-state index contributed by atoms with van der Waals surface area (Å²) in [5.41, 5.74) is 0.312. The number of hydrogen-bond acceptors (Lipinski definition) is 6. The van der Waals surface area contributed by atoms with Crippen molar-refractivity contribution in [2.45, 2.75) is 24.3 Å². The molecule has 8 heteroatoms. The van der Waals surface area contributed by atoms with E-state index in [0.717, 1.165) is 0 Å². The number of rotatable bonds is 8. The first kappa shape index (κ1) is 19.1. The second-order valence-electron chi connectivity index (χ2n) is 4.99. The van der Waals surface area contributed by atoms with Crippen molar-refractivity contribution in [3.63, 3.8) is 0 Å². The van der Waals surface area contributed by atoms with Crippen LogP contribution in [0.2, 0.25) is 0 Å². The summed E-state index contributed by atoms with van der Waals surface area (Å²) in [6.07, 6.45) is 0.0612. The van der Waals surface area contributed by atoms with Crippen LogP contribution in [0.4, 0.5) is 0 Å². The number of methoxy groups -OCH3 is 2. The number of carbonyl (C=O) groups is 2. The first-order chi connectivity index (χ1) is 10.8. The third-order valence-corrected chi connectivity index (χ3v) is 4.80. The zero-order chi connectivity index (χ0) is 17.5. The van der Waals surface area contributed by atoms with E-state index in [9.17, 15) is 18.0 Å². The Kier molecular flexibility index (Phi) is 7.18. The fourth-order valence-electron chi connectivity index (χ4n) is 1.82. The van der Waals surface area contributed by atoms with E-state index in [1.54, 1.807) is 6.92 Å². The van der Waals surface area contributed by atoms with Crippen molar-refractivity contribution in [1.82, 2.24) is 5.32 Å². The lowest BCUT2D eigenvalue weighted by atomic mass is 10.2. The molecule has 0 fully saturated rings. The minimum Gasteiger partial charge on any atom is -0.469 e. The van der Waals surface area contributed by atoms with Crippen LogP contribution in [-0.4, -0.2) is 52.9 Å². The molecule has 0 bridgehead atoms. The van der Waals surface area contributed by atoms with Gasteiger partial charge < -0.3 is 14.8 Å². The molecular formula is C15H21NO6S. The first-order valence-corrected chi connectivity index (χ1v) is 8.65. The maximum atomic E-state index is 12.0. The lowest BCUT2D eigenvalue weighted by molar-refractivity contribution is -0.141. The molecule has 1 amide bonds. The van der Waals surface area contributed by atoms with Gasteiger partial charge >= 0.3 is 5.97 Å². The van der Waals surface area contributed by atoms with Crippen molar-refractivity contribution < 1.29 is 27.5 Å². The quantitative estimate of drug-likeness (QED) is 0.701. The number of amides is 1. The number of esters is 1. The number of nitrogens with one attached hydrogen (secondary N) is 1. The van der Waals surface area contributed by atoms with Gasteiger partial charge in [0, 0.05) is 18.7 Å². The molecule has 0 aliphatic heterocycles. The van der Waals surface area contributed by atoms with Gasteiger partial charge in [0.15, 0.2) is 9.84 Å². The predicted molar refractivity (Wildman–Crippen MR) is 83.9 cm³/mol. The van der Waals surface area contributed by atoms with Gasteiger partial charge in [-0.15, -0.1) is 0 Å². The van der Waals surface area contributed by atoms with E-state index in [0.29, 0.717) is 5.56 Å². The summed E-state index contributed by atoms with van der Waals surface area (Å²) < 4.78 is 33.2. The Morgan fingerprint density at radius 1 is 1.17 bits per heavy atom. The standard InChI is InChI=1S/C15H21NO6S/c1-11(10-14(17)22-3)16-15(18)12-4-6-13(7-5-12)23(19,20)9-8-21-2/h4-7,11H,8-10H2,1-3H3,(H,16,18). The molecule has 0 aromatic heterocycles. The third-order valence-electron chi connectivity index (χ3n) is 3.11. The Balaban J connectivity index is 2.72. The average Bonchev–Trinajstić information content (AvgIpc) is 2.52. The Morgan fingerprint density at radius 3 is 2.30 bits per heavy atom. The highest BCUT2D eigenvalue weighted by Gasteiger charge is 2.16. The van der Waals surface area contributed by atoms with Crippen LogP contribution in [0.15, 0.2) is 29.2 Å². The molecule has 1 unspecified atom stereocenters. The van der Waals surface area contributed by atoms with Crippen LogP contribution >= 0.6 is 0 Å². The molecule has 0 aliphatic carbocycles. The fraction of sp³-hybridized carbons (Fsp3) is 0.467. The maximum Gasteiger partial charge on any atom is 0.307 e. The van der Waals surface area contributed by atoms with Gasteiger partial charge in [0.1, 0.15) is 0 Å². The molecule has 0 saturated heterocycles. The van der Waals surface area contributed by atoms with Crippen LogP contribution in [0.5, 0.6) is 0 Å². The van der Waals surface area contributed by atoms with Crippen LogP contribution in [0.25, 0.3) is 0 Å². The summed E-state index contributed by atoms with van der Waals surface area (Å²) >= 11 is 0. The number of carbonyl (C=O) groups excluding carboxylic acids is 2. The molecule has 0 radical (unpaired) electrons. The minimum atomic E-state index is -3.43. The van der Waals surface area contributed by atoms with Gasteiger partial charge in [-0.05, 0) is 31.2 Å². The number of sulfone groups is 1. The van der Waals surface area contributed by atoms with Crippen molar-refractivity contribution in [2.75, 3.05) is 26.6 Å². The van der Waals surface area contributed by atoms with Crippen LogP contribution in [0.1, 0.15) is 23.7 Å². The van der Waals surface area contributed by atoms with Crippen molar-refractivity contribution in [3.8, 4) is 0 Å². The van der Waals surface area contributed by atoms with Gasteiger partial charge in [0.05, 0.1) is 30.8 Å². The second-order valence-corrected chi connectivity index (χ2v) is 7.10. The molecule has 0 spiro atoms. The number of hydrogen-bond donors (Lipinski definition) is 1. The summed E-state index contributed by atoms with van der Waals surface area (Å²) in [6, 6.07) is 5.23. The van der Waals surface area contributed by atoms with Crippen LogP contribution in [0, 0.1) is 0 Å². The molecule has 128 valence electrons. The maximum absolute atomic E-state index is 12.0. The Bertz CT molecular complexity index is 638. The van der Waals surface area contributed by atoms with Crippen LogP contribution < -0.4 is 5.32 Å². The van der Waals surface area contributed by atoms with Crippen molar-refractivity contribution in [3.05, 3.63) is 29.8 Å². The number of benzene rings is 1. The smallest absolute Gasteiger partial charge is 0.307 e. The topological polar surface area (TPSA) is 98.8 Å². The summed E-state index contributed by atoms with van der Waals surface area (Å²) in [5, 5.41) is 2.64. The lowest BCUT2D eigenvalue weighted by Crippen LogP contribution is -2.34. The lowest BCUT2D eigenvalue weighted by Gasteiger charge is -2.13. The van der Waals surface area contributed by atoms with Crippen molar-refractivity contribution >= 4 is 21.7 Å². The van der Waals surface area contributed by atoms with Crippen LogP contribution in [0.3, 0.4) is 0 Å². The SMILES string of the molecule is COCCS(=O)(=O)c1ccc(C(=O)NC(C)CC(=O)OC)cc1. The molecule has 0 saturated carbocycles. The van der Waals surface area contributed by atoms with Gasteiger partial charge in [-0.25, -0.2) is 8.42 Å². The van der Waals surface area contributed by atoms with Crippen LogP contribution in [-0.2, 0) is 24.1 Å². The fourth-order valence-corrected chi connectivity index (χ4v) is 2.99. The largest absolute Gasteiger partial charge is 0.469 e. The Labute approximate surface area is 135 Å². The summed E-state index contributed by atoms with van der Waals surface area (Å²) in [4.78, 5) is 23.3. The zero-order valence-electron chi connectivity index (χ0n) is 13.4. The van der Waals surface area contributed by atoms with E-state index < -0.39 is 15.8 Å². The van der Waals surface area contributed by atoms with E-state index in [1.165, 1.54) is 38.5 Å². The Hall–Kier alpha value is -1.93. The average molecular weight is 343 g/mol. The number of ether oxygens (including phenoxy) is 2. The summed E-state index contributed by atoms with van der Waals surface area (Å²) in [5.74, 6) is -0.926. The summed E-state index contributed by atoms with van der Waals surface area (Å²) in [7, 11) is -0.719. The monoisotopic (exact) mass is 343 g/mol. The molecular weight excluding hydrogens is 322 g/mol. The molecule has 7 nitrogen and oxygen atoms in total. The predicted octanol–water partition coefficient (Wildman–Crippen LogP) is 0.788. The van der Waals surface area contributed by atoms with E-state index in [1.807, 2.05) is 0 Å². The van der Waals surface area contributed by atoms with Gasteiger partial charge in [0.25, 0.3) is 5.91 Å². The minimum absolute atomic E-state index is 0.0612. The molecule has 0 heterocycles. The summed E-state index contributed by atoms with van der Waals surface area (Å²) in [6.45, 7) is 1.79. The third kappa shape index (κ3) is 5.99. The molecule has 1 rings (SSSR count). The first-order valence-electron chi connectivity index (χ1n) is 6.99. The normalized spacial score (nSPS) is 12.5. The van der Waals surface area contributed by atoms with Gasteiger partial charge in [-0.3, -0.25) is 9.59 Å². The van der Waals surface area contributed by atoms with Gasteiger partial charge in [-0.1, -0.05) is 0 Å².